The van der Waals surface area contributed by atoms with Gasteiger partial charge in [0.05, 0.1) is 15.7 Å². The fourth-order valence-corrected chi connectivity index (χ4v) is 3.50. The molecular formula is C15H18ClFN2S. The maximum Gasteiger partial charge on any atom is 0.145 e. The van der Waals surface area contributed by atoms with E-state index in [1.807, 2.05) is 20.8 Å². The largest absolute Gasteiger partial charge is 0.309 e. The number of hydrogen-bond acceptors (Lipinski definition) is 3. The molecule has 1 heterocycles. The first-order chi connectivity index (χ1) is 9.52. The molecule has 0 amide bonds. The molecule has 0 fully saturated rings. The maximum atomic E-state index is 14.1. The Hall–Kier alpha value is -0.970. The van der Waals surface area contributed by atoms with Crippen molar-refractivity contribution in [3.05, 3.63) is 50.2 Å². The zero-order chi connectivity index (χ0) is 14.7. The smallest absolute Gasteiger partial charge is 0.145 e. The summed E-state index contributed by atoms with van der Waals surface area (Å²) in [6, 6.07) is 5.22. The van der Waals surface area contributed by atoms with Crippen LogP contribution in [0.4, 0.5) is 4.39 Å². The van der Waals surface area contributed by atoms with Gasteiger partial charge in [-0.15, -0.1) is 11.3 Å². The summed E-state index contributed by atoms with van der Waals surface area (Å²) in [4.78, 5) is 5.62. The van der Waals surface area contributed by atoms with Crippen molar-refractivity contribution < 1.29 is 4.39 Å². The summed E-state index contributed by atoms with van der Waals surface area (Å²) in [5.41, 5.74) is 1.65. The predicted molar refractivity (Wildman–Crippen MR) is 83.1 cm³/mol. The third-order valence-electron chi connectivity index (χ3n) is 3.16. The van der Waals surface area contributed by atoms with Gasteiger partial charge in [-0.1, -0.05) is 30.7 Å². The highest BCUT2D eigenvalue weighted by atomic mass is 35.5. The van der Waals surface area contributed by atoms with E-state index in [9.17, 15) is 4.39 Å². The Morgan fingerprint density at radius 2 is 2.15 bits per heavy atom. The Morgan fingerprint density at radius 3 is 2.75 bits per heavy atom. The minimum absolute atomic E-state index is 0.0687. The molecule has 1 unspecified atom stereocenters. The van der Waals surface area contributed by atoms with E-state index in [0.29, 0.717) is 12.0 Å². The third-order valence-corrected chi connectivity index (χ3v) is 4.64. The lowest BCUT2D eigenvalue weighted by atomic mass is 10.0. The van der Waals surface area contributed by atoms with Crippen molar-refractivity contribution in [1.29, 1.82) is 0 Å². The lowest BCUT2D eigenvalue weighted by Crippen LogP contribution is -2.23. The molecule has 1 aromatic heterocycles. The van der Waals surface area contributed by atoms with Crippen LogP contribution < -0.4 is 5.32 Å². The highest BCUT2D eigenvalue weighted by molar-refractivity contribution is 7.11. The molecule has 0 saturated carbocycles. The van der Waals surface area contributed by atoms with Gasteiger partial charge in [-0.25, -0.2) is 9.37 Å². The fourth-order valence-electron chi connectivity index (χ4n) is 2.30. The van der Waals surface area contributed by atoms with Gasteiger partial charge in [0.15, 0.2) is 0 Å². The molecule has 5 heteroatoms. The van der Waals surface area contributed by atoms with Crippen LogP contribution in [0.3, 0.4) is 0 Å². The number of benzene rings is 1. The van der Waals surface area contributed by atoms with E-state index in [-0.39, 0.29) is 16.9 Å². The molecule has 0 bridgehead atoms. The molecule has 0 aliphatic carbocycles. The van der Waals surface area contributed by atoms with Crippen LogP contribution in [0.15, 0.2) is 18.2 Å². The monoisotopic (exact) mass is 312 g/mol. The standard InChI is InChI=1S/C15H18ClFN2S/c1-4-18-13(15-9(2)19-10(3)20-15)8-11-6-5-7-12(16)14(11)17/h5-7,13,18H,4,8H2,1-3H3. The van der Waals surface area contributed by atoms with Gasteiger partial charge >= 0.3 is 0 Å². The number of halogens is 2. The predicted octanol–water partition coefficient (Wildman–Crippen LogP) is 4.45. The zero-order valence-electron chi connectivity index (χ0n) is 11.8. The molecule has 1 N–H and O–H groups in total. The first-order valence-electron chi connectivity index (χ1n) is 6.63. The van der Waals surface area contributed by atoms with Crippen molar-refractivity contribution in [2.24, 2.45) is 0 Å². The average Bonchev–Trinajstić information content (AvgIpc) is 2.73. The molecule has 2 aromatic rings. The Balaban J connectivity index is 2.30. The van der Waals surface area contributed by atoms with E-state index in [4.69, 9.17) is 11.6 Å². The highest BCUT2D eigenvalue weighted by Crippen LogP contribution is 2.29. The summed E-state index contributed by atoms with van der Waals surface area (Å²) >= 11 is 7.51. The van der Waals surface area contributed by atoms with E-state index in [1.54, 1.807) is 29.5 Å². The molecule has 0 saturated heterocycles. The highest BCUT2D eigenvalue weighted by Gasteiger charge is 2.19. The second-order valence-electron chi connectivity index (χ2n) is 4.71. The Bertz CT molecular complexity index is 598. The Kier molecular flexibility index (Phi) is 5.13. The molecule has 1 aromatic carbocycles. The third kappa shape index (κ3) is 3.37. The van der Waals surface area contributed by atoms with Crippen molar-refractivity contribution in [3.63, 3.8) is 0 Å². The molecule has 1 atom stereocenters. The Labute approximate surface area is 128 Å². The number of thiazole rings is 1. The summed E-state index contributed by atoms with van der Waals surface area (Å²) in [6.45, 7) is 6.86. The van der Waals surface area contributed by atoms with Crippen LogP contribution in [0.2, 0.25) is 5.02 Å². The van der Waals surface area contributed by atoms with Crippen molar-refractivity contribution in [3.8, 4) is 0 Å². The maximum absolute atomic E-state index is 14.1. The van der Waals surface area contributed by atoms with Crippen LogP contribution in [0, 0.1) is 19.7 Å². The molecule has 0 aliphatic heterocycles. The SMILES string of the molecule is CCNC(Cc1cccc(Cl)c1F)c1sc(C)nc1C. The first kappa shape index (κ1) is 15.4. The van der Waals surface area contributed by atoms with Crippen LogP contribution in [0.5, 0.6) is 0 Å². The first-order valence-corrected chi connectivity index (χ1v) is 7.82. The van der Waals surface area contributed by atoms with Crippen molar-refractivity contribution >= 4 is 22.9 Å². The van der Waals surface area contributed by atoms with Gasteiger partial charge < -0.3 is 5.32 Å². The van der Waals surface area contributed by atoms with Gasteiger partial charge in [-0.05, 0) is 38.4 Å². The van der Waals surface area contributed by atoms with Crippen LogP contribution in [0.1, 0.15) is 34.1 Å². The van der Waals surface area contributed by atoms with Crippen LogP contribution >= 0.6 is 22.9 Å². The fraction of sp³-hybridized carbons (Fsp3) is 0.400. The topological polar surface area (TPSA) is 24.9 Å². The normalized spacial score (nSPS) is 12.7. The lowest BCUT2D eigenvalue weighted by Gasteiger charge is -2.18. The molecule has 0 spiro atoms. The molecule has 2 rings (SSSR count). The van der Waals surface area contributed by atoms with Crippen LogP contribution in [-0.2, 0) is 6.42 Å². The number of hydrogen-bond donors (Lipinski definition) is 1. The van der Waals surface area contributed by atoms with E-state index in [2.05, 4.69) is 10.3 Å². The summed E-state index contributed by atoms with van der Waals surface area (Å²) in [5, 5.41) is 4.62. The van der Waals surface area contributed by atoms with Gasteiger partial charge in [0, 0.05) is 10.9 Å². The number of rotatable bonds is 5. The molecule has 0 aliphatic rings. The van der Waals surface area contributed by atoms with Crippen LogP contribution in [-0.4, -0.2) is 11.5 Å². The Morgan fingerprint density at radius 1 is 1.40 bits per heavy atom. The minimum atomic E-state index is -0.323. The van der Waals surface area contributed by atoms with Crippen molar-refractivity contribution in [2.45, 2.75) is 33.2 Å². The zero-order valence-corrected chi connectivity index (χ0v) is 13.4. The van der Waals surface area contributed by atoms with E-state index in [1.165, 1.54) is 4.88 Å². The minimum Gasteiger partial charge on any atom is -0.309 e. The molecule has 108 valence electrons. The van der Waals surface area contributed by atoms with Crippen molar-refractivity contribution in [1.82, 2.24) is 10.3 Å². The molecule has 2 nitrogen and oxygen atoms in total. The summed E-state index contributed by atoms with van der Waals surface area (Å²) in [5.74, 6) is -0.323. The molecule has 20 heavy (non-hydrogen) atoms. The number of nitrogens with zero attached hydrogens (tertiary/aromatic N) is 1. The summed E-state index contributed by atoms with van der Waals surface area (Å²) in [7, 11) is 0. The quantitative estimate of drug-likeness (QED) is 0.882. The second-order valence-corrected chi connectivity index (χ2v) is 6.35. The van der Waals surface area contributed by atoms with E-state index >= 15 is 0 Å². The van der Waals surface area contributed by atoms with Crippen molar-refractivity contribution in [2.75, 3.05) is 6.54 Å². The van der Waals surface area contributed by atoms with Gasteiger partial charge in [0.2, 0.25) is 0 Å². The van der Waals surface area contributed by atoms with Gasteiger partial charge in [0.1, 0.15) is 5.82 Å². The second kappa shape index (κ2) is 6.66. The summed E-state index contributed by atoms with van der Waals surface area (Å²) < 4.78 is 14.1. The van der Waals surface area contributed by atoms with E-state index in [0.717, 1.165) is 17.2 Å². The molecule has 0 radical (unpaired) electrons. The van der Waals surface area contributed by atoms with Crippen LogP contribution in [0.25, 0.3) is 0 Å². The summed E-state index contributed by atoms with van der Waals surface area (Å²) in [6.07, 6.45) is 0.572. The number of aryl methyl sites for hydroxylation is 2. The number of aromatic nitrogens is 1. The van der Waals surface area contributed by atoms with Gasteiger partial charge in [0.25, 0.3) is 0 Å². The number of nitrogens with one attached hydrogen (secondary N) is 1. The number of likely N-dealkylation sites (N-methyl/N-ethyl adjacent to an activating group) is 1. The molecular weight excluding hydrogens is 295 g/mol. The average molecular weight is 313 g/mol. The van der Waals surface area contributed by atoms with E-state index < -0.39 is 0 Å². The van der Waals surface area contributed by atoms with Gasteiger partial charge in [-0.3, -0.25) is 0 Å². The lowest BCUT2D eigenvalue weighted by molar-refractivity contribution is 0.532. The van der Waals surface area contributed by atoms with Gasteiger partial charge in [-0.2, -0.15) is 0 Å².